The van der Waals surface area contributed by atoms with Gasteiger partial charge in [-0.05, 0) is 67.8 Å². The number of amides is 2. The zero-order valence-corrected chi connectivity index (χ0v) is 24.7. The number of rotatable bonds is 11. The van der Waals surface area contributed by atoms with Gasteiger partial charge in [0.05, 0.1) is 23.3 Å². The lowest BCUT2D eigenvalue weighted by Crippen LogP contribution is -2.52. The molecular weight excluding hydrogens is 583 g/mol. The molecule has 43 heavy (non-hydrogen) atoms. The summed E-state index contributed by atoms with van der Waals surface area (Å²) in [6.45, 7) is 0.628. The summed E-state index contributed by atoms with van der Waals surface area (Å²) < 4.78 is 74.4. The molecule has 1 saturated carbocycles. The molecule has 1 atom stereocenters. The van der Waals surface area contributed by atoms with E-state index in [1.165, 1.54) is 42.3 Å². The highest BCUT2D eigenvalue weighted by molar-refractivity contribution is 7.92. The number of methoxy groups -OCH3 is 1. The second-order valence-corrected chi connectivity index (χ2v) is 12.3. The van der Waals surface area contributed by atoms with E-state index in [0.29, 0.717) is 21.7 Å². The van der Waals surface area contributed by atoms with Crippen molar-refractivity contribution in [2.75, 3.05) is 18.0 Å². The highest BCUT2D eigenvalue weighted by Gasteiger charge is 2.35. The van der Waals surface area contributed by atoms with Gasteiger partial charge in [-0.3, -0.25) is 13.9 Å². The van der Waals surface area contributed by atoms with E-state index in [9.17, 15) is 31.2 Å². The first-order valence-corrected chi connectivity index (χ1v) is 15.3. The van der Waals surface area contributed by atoms with Gasteiger partial charge in [0.1, 0.15) is 18.3 Å². The van der Waals surface area contributed by atoms with Crippen LogP contribution in [0.25, 0.3) is 0 Å². The van der Waals surface area contributed by atoms with Crippen molar-refractivity contribution < 1.29 is 35.9 Å². The van der Waals surface area contributed by atoms with E-state index in [-0.39, 0.29) is 23.2 Å². The lowest BCUT2D eigenvalue weighted by molar-refractivity contribution is -0.139. The number of sulfonamides is 1. The molecule has 1 unspecified atom stereocenters. The minimum atomic E-state index is -4.74. The Bertz CT molecular complexity index is 1530. The van der Waals surface area contributed by atoms with E-state index in [1.807, 2.05) is 0 Å². The number of halogens is 3. The van der Waals surface area contributed by atoms with Gasteiger partial charge in [0, 0.05) is 12.6 Å². The van der Waals surface area contributed by atoms with Gasteiger partial charge in [-0.2, -0.15) is 13.2 Å². The third-order valence-corrected chi connectivity index (χ3v) is 9.22. The van der Waals surface area contributed by atoms with Gasteiger partial charge in [0.2, 0.25) is 11.8 Å². The Morgan fingerprint density at radius 1 is 0.977 bits per heavy atom. The van der Waals surface area contributed by atoms with Crippen LogP contribution in [-0.4, -0.2) is 50.9 Å². The van der Waals surface area contributed by atoms with Crippen molar-refractivity contribution in [1.29, 1.82) is 0 Å². The number of hydrogen-bond donors (Lipinski definition) is 1. The van der Waals surface area contributed by atoms with E-state index in [2.05, 4.69) is 5.32 Å². The molecule has 230 valence electrons. The minimum Gasteiger partial charge on any atom is -0.497 e. The molecule has 2 amide bonds. The van der Waals surface area contributed by atoms with E-state index in [1.54, 1.807) is 37.3 Å². The molecule has 0 radical (unpaired) electrons. The Morgan fingerprint density at radius 2 is 1.65 bits per heavy atom. The SMILES string of the molecule is COc1cccc(CN(C(=O)CN(c2cccc(C(F)(F)F)c2)S(=O)(=O)c2ccccc2)C(C)C(=O)NC2CCCC2)c1. The third-order valence-electron chi connectivity index (χ3n) is 7.43. The summed E-state index contributed by atoms with van der Waals surface area (Å²) in [5.41, 5.74) is -0.788. The summed E-state index contributed by atoms with van der Waals surface area (Å²) in [6, 6.07) is 16.8. The number of benzene rings is 3. The van der Waals surface area contributed by atoms with Gasteiger partial charge in [0.15, 0.2) is 0 Å². The first kappa shape index (κ1) is 31.9. The fourth-order valence-corrected chi connectivity index (χ4v) is 6.45. The number of carbonyl (C=O) groups is 2. The highest BCUT2D eigenvalue weighted by Crippen LogP contribution is 2.33. The second kappa shape index (κ2) is 13.5. The molecule has 0 saturated heterocycles. The summed E-state index contributed by atoms with van der Waals surface area (Å²) in [7, 11) is -3.01. The number of alkyl halides is 3. The predicted octanol–water partition coefficient (Wildman–Crippen LogP) is 5.39. The summed E-state index contributed by atoms with van der Waals surface area (Å²) >= 11 is 0. The molecule has 3 aromatic rings. The molecule has 1 aliphatic rings. The van der Waals surface area contributed by atoms with Crippen LogP contribution in [-0.2, 0) is 32.3 Å². The molecular formula is C31H34F3N3O5S. The van der Waals surface area contributed by atoms with Gasteiger partial charge in [-0.15, -0.1) is 0 Å². The normalized spacial score (nSPS) is 14.6. The van der Waals surface area contributed by atoms with E-state index >= 15 is 0 Å². The van der Waals surface area contributed by atoms with Crippen molar-refractivity contribution in [2.45, 2.75) is 62.3 Å². The molecule has 0 aliphatic heterocycles. The molecule has 12 heteroatoms. The molecule has 1 fully saturated rings. The van der Waals surface area contributed by atoms with Gasteiger partial charge >= 0.3 is 6.18 Å². The quantitative estimate of drug-likeness (QED) is 0.312. The molecule has 1 N–H and O–H groups in total. The van der Waals surface area contributed by atoms with Gasteiger partial charge < -0.3 is 15.0 Å². The Morgan fingerprint density at radius 3 is 2.30 bits per heavy atom. The van der Waals surface area contributed by atoms with Crippen molar-refractivity contribution in [2.24, 2.45) is 0 Å². The highest BCUT2D eigenvalue weighted by atomic mass is 32.2. The number of hydrogen-bond acceptors (Lipinski definition) is 5. The van der Waals surface area contributed by atoms with Crippen molar-refractivity contribution in [3.8, 4) is 5.75 Å². The number of carbonyl (C=O) groups excluding carboxylic acids is 2. The Balaban J connectivity index is 1.73. The Hall–Kier alpha value is -4.06. The van der Waals surface area contributed by atoms with Crippen LogP contribution < -0.4 is 14.4 Å². The summed E-state index contributed by atoms with van der Waals surface area (Å²) in [6.07, 6.45) is -1.14. The van der Waals surface area contributed by atoms with Crippen LogP contribution in [0.1, 0.15) is 43.7 Å². The lowest BCUT2D eigenvalue weighted by atomic mass is 10.1. The zero-order valence-electron chi connectivity index (χ0n) is 23.9. The number of ether oxygens (including phenoxy) is 1. The molecule has 0 spiro atoms. The van der Waals surface area contributed by atoms with Crippen LogP contribution in [0.15, 0.2) is 83.8 Å². The van der Waals surface area contributed by atoms with Gasteiger partial charge in [0.25, 0.3) is 10.0 Å². The van der Waals surface area contributed by atoms with Crippen molar-refractivity contribution in [1.82, 2.24) is 10.2 Å². The smallest absolute Gasteiger partial charge is 0.416 e. The van der Waals surface area contributed by atoms with Crippen LogP contribution in [0.2, 0.25) is 0 Å². The maximum Gasteiger partial charge on any atom is 0.416 e. The first-order chi connectivity index (χ1) is 20.4. The maximum absolute atomic E-state index is 14.0. The van der Waals surface area contributed by atoms with Crippen LogP contribution in [0.3, 0.4) is 0 Å². The molecule has 0 aromatic heterocycles. The van der Waals surface area contributed by atoms with E-state index in [0.717, 1.165) is 37.8 Å². The Kier molecular flexibility index (Phi) is 10.0. The maximum atomic E-state index is 14.0. The molecule has 4 rings (SSSR count). The largest absolute Gasteiger partial charge is 0.497 e. The van der Waals surface area contributed by atoms with Crippen molar-refractivity contribution in [3.05, 3.63) is 90.0 Å². The molecule has 1 aliphatic carbocycles. The van der Waals surface area contributed by atoms with Crippen molar-refractivity contribution in [3.63, 3.8) is 0 Å². The average molecular weight is 618 g/mol. The van der Waals surface area contributed by atoms with Crippen LogP contribution in [0, 0.1) is 0 Å². The molecule has 0 heterocycles. The minimum absolute atomic E-state index is 0.0243. The predicted molar refractivity (Wildman–Crippen MR) is 156 cm³/mol. The summed E-state index contributed by atoms with van der Waals surface area (Å²) in [5.74, 6) is -0.654. The third kappa shape index (κ3) is 7.86. The molecule has 3 aromatic carbocycles. The summed E-state index contributed by atoms with van der Waals surface area (Å²) in [4.78, 5) is 28.3. The first-order valence-electron chi connectivity index (χ1n) is 13.9. The van der Waals surface area contributed by atoms with Crippen LogP contribution >= 0.6 is 0 Å². The monoisotopic (exact) mass is 617 g/mol. The topological polar surface area (TPSA) is 96.0 Å². The van der Waals surface area contributed by atoms with Crippen LogP contribution in [0.5, 0.6) is 5.75 Å². The number of nitrogens with zero attached hydrogens (tertiary/aromatic N) is 2. The fraction of sp³-hybridized carbons (Fsp3) is 0.355. The van der Waals surface area contributed by atoms with Gasteiger partial charge in [-0.1, -0.05) is 49.2 Å². The zero-order chi connectivity index (χ0) is 31.2. The molecule has 0 bridgehead atoms. The van der Waals surface area contributed by atoms with E-state index < -0.39 is 46.2 Å². The second-order valence-electron chi connectivity index (χ2n) is 10.4. The Labute approximate surface area is 249 Å². The van der Waals surface area contributed by atoms with Crippen molar-refractivity contribution >= 4 is 27.5 Å². The number of nitrogens with one attached hydrogen (secondary N) is 1. The summed E-state index contributed by atoms with van der Waals surface area (Å²) in [5, 5.41) is 2.97. The lowest BCUT2D eigenvalue weighted by Gasteiger charge is -2.32. The van der Waals surface area contributed by atoms with Crippen LogP contribution in [0.4, 0.5) is 18.9 Å². The fourth-order valence-electron chi connectivity index (χ4n) is 5.03. The molecule has 8 nitrogen and oxygen atoms in total. The number of anilines is 1. The van der Waals surface area contributed by atoms with Gasteiger partial charge in [-0.25, -0.2) is 8.42 Å². The van der Waals surface area contributed by atoms with E-state index in [4.69, 9.17) is 4.74 Å². The standard InChI is InChI=1S/C31H34F3N3O5S/c1-22(30(39)35-25-12-6-7-13-25)36(20-23-10-8-15-27(18-23)42-2)29(38)21-37(43(40,41)28-16-4-3-5-17-28)26-14-9-11-24(19-26)31(32,33)34/h3-5,8-11,14-19,22,25H,6-7,12-13,20-21H2,1-2H3,(H,35,39). The average Bonchev–Trinajstić information content (AvgIpc) is 3.51.